The van der Waals surface area contributed by atoms with Crippen molar-refractivity contribution in [1.82, 2.24) is 0 Å². The number of carbonyl (C=O) groups is 1. The van der Waals surface area contributed by atoms with Gasteiger partial charge in [0.1, 0.15) is 23.1 Å². The number of halogens is 2. The van der Waals surface area contributed by atoms with Gasteiger partial charge in [-0.05, 0) is 23.8 Å². The van der Waals surface area contributed by atoms with Crippen molar-refractivity contribution in [2.75, 3.05) is 11.9 Å². The van der Waals surface area contributed by atoms with Crippen LogP contribution < -0.4 is 10.1 Å². The number of rotatable bonds is 6. The zero-order valence-corrected chi connectivity index (χ0v) is 18.2. The fourth-order valence-electron chi connectivity index (χ4n) is 3.20. The Bertz CT molecular complexity index is 1300. The van der Waals surface area contributed by atoms with Crippen molar-refractivity contribution < 1.29 is 13.9 Å². The van der Waals surface area contributed by atoms with Crippen LogP contribution >= 0.6 is 23.2 Å². The minimum absolute atomic E-state index is 0.0565. The van der Waals surface area contributed by atoms with Crippen LogP contribution in [0, 0.1) is 11.3 Å². The van der Waals surface area contributed by atoms with E-state index in [-0.39, 0.29) is 18.1 Å². The topological polar surface area (TPSA) is 75.3 Å². The molecule has 3 aromatic carbocycles. The van der Waals surface area contributed by atoms with E-state index in [1.165, 1.54) is 6.07 Å². The zero-order chi connectivity index (χ0) is 22.5. The summed E-state index contributed by atoms with van der Waals surface area (Å²) < 4.78 is 11.5. The number of nitrogens with one attached hydrogen (secondary N) is 1. The quantitative estimate of drug-likeness (QED) is 0.341. The average Bonchev–Trinajstić information content (AvgIpc) is 3.17. The molecular weight excluding hydrogens is 447 g/mol. The number of amides is 1. The Labute approximate surface area is 194 Å². The molecule has 1 heterocycles. The molecular formula is C25H16Cl2N2O3. The smallest absolute Gasteiger partial charge is 0.264 e. The summed E-state index contributed by atoms with van der Waals surface area (Å²) in [7, 11) is 0. The first-order valence-corrected chi connectivity index (χ1v) is 10.4. The standard InChI is InChI=1S/C25H16Cl2N2O3/c26-18-11-12-21(20(27)13-18)31-15-22(30)29-25-19(14-28)23(16-7-3-1-4-8-16)24(32-25)17-9-5-2-6-10-17/h1-13H,15H2,(H,29,30). The van der Waals surface area contributed by atoms with Crippen LogP contribution in [-0.2, 0) is 4.79 Å². The maximum atomic E-state index is 12.6. The van der Waals surface area contributed by atoms with Crippen LogP contribution in [0.15, 0.2) is 83.3 Å². The van der Waals surface area contributed by atoms with Crippen LogP contribution in [0.1, 0.15) is 5.56 Å². The number of anilines is 1. The monoisotopic (exact) mass is 462 g/mol. The number of benzene rings is 3. The van der Waals surface area contributed by atoms with Crippen molar-refractivity contribution in [3.63, 3.8) is 0 Å². The lowest BCUT2D eigenvalue weighted by atomic mass is 9.98. The van der Waals surface area contributed by atoms with E-state index in [0.29, 0.717) is 27.1 Å². The molecule has 0 saturated heterocycles. The molecule has 0 spiro atoms. The summed E-state index contributed by atoms with van der Waals surface area (Å²) >= 11 is 12.0. The zero-order valence-electron chi connectivity index (χ0n) is 16.6. The second-order valence-corrected chi connectivity index (χ2v) is 7.61. The summed E-state index contributed by atoms with van der Waals surface area (Å²) in [5, 5.41) is 13.3. The molecule has 1 N–H and O–H groups in total. The van der Waals surface area contributed by atoms with Gasteiger partial charge in [-0.2, -0.15) is 5.26 Å². The Balaban J connectivity index is 1.65. The highest BCUT2D eigenvalue weighted by Crippen LogP contribution is 2.41. The van der Waals surface area contributed by atoms with Crippen LogP contribution in [0.4, 0.5) is 5.88 Å². The normalized spacial score (nSPS) is 10.4. The number of hydrogen-bond donors (Lipinski definition) is 1. The molecule has 5 nitrogen and oxygen atoms in total. The number of hydrogen-bond acceptors (Lipinski definition) is 4. The highest BCUT2D eigenvalue weighted by molar-refractivity contribution is 6.35. The summed E-state index contributed by atoms with van der Waals surface area (Å²) in [4.78, 5) is 12.6. The molecule has 0 bridgehead atoms. The molecule has 0 saturated carbocycles. The minimum atomic E-state index is -0.500. The summed E-state index contributed by atoms with van der Waals surface area (Å²) in [6.45, 7) is -0.325. The van der Waals surface area contributed by atoms with Crippen LogP contribution in [0.2, 0.25) is 10.0 Å². The van der Waals surface area contributed by atoms with Crippen LogP contribution in [0.5, 0.6) is 5.75 Å². The molecule has 1 amide bonds. The first kappa shape index (κ1) is 21.5. The van der Waals surface area contributed by atoms with Gasteiger partial charge in [-0.15, -0.1) is 0 Å². The molecule has 0 fully saturated rings. The molecule has 0 unspecified atom stereocenters. The van der Waals surface area contributed by atoms with E-state index in [0.717, 1.165) is 11.1 Å². The molecule has 158 valence electrons. The summed E-state index contributed by atoms with van der Waals surface area (Å²) in [6.07, 6.45) is 0. The van der Waals surface area contributed by atoms with Gasteiger partial charge in [-0.1, -0.05) is 83.9 Å². The van der Waals surface area contributed by atoms with E-state index in [1.54, 1.807) is 12.1 Å². The Hall–Kier alpha value is -3.72. The maximum absolute atomic E-state index is 12.6. The highest BCUT2D eigenvalue weighted by Gasteiger charge is 2.24. The molecule has 32 heavy (non-hydrogen) atoms. The van der Waals surface area contributed by atoms with Crippen molar-refractivity contribution in [1.29, 1.82) is 5.26 Å². The van der Waals surface area contributed by atoms with Crippen molar-refractivity contribution in [2.45, 2.75) is 0 Å². The molecule has 1 aromatic heterocycles. The highest BCUT2D eigenvalue weighted by atomic mass is 35.5. The Morgan fingerprint density at radius 2 is 1.62 bits per heavy atom. The largest absolute Gasteiger partial charge is 0.482 e. The lowest BCUT2D eigenvalue weighted by molar-refractivity contribution is -0.118. The number of ether oxygens (including phenoxy) is 1. The average molecular weight is 463 g/mol. The number of nitrogens with zero attached hydrogens (tertiary/aromatic N) is 1. The SMILES string of the molecule is N#Cc1c(NC(=O)COc2ccc(Cl)cc2Cl)oc(-c2ccccc2)c1-c1ccccc1. The first-order chi connectivity index (χ1) is 15.6. The summed E-state index contributed by atoms with van der Waals surface area (Å²) in [5.74, 6) is 0.368. The third kappa shape index (κ3) is 4.62. The number of nitriles is 1. The van der Waals surface area contributed by atoms with Crippen molar-refractivity contribution >= 4 is 35.0 Å². The van der Waals surface area contributed by atoms with Gasteiger partial charge < -0.3 is 9.15 Å². The second kappa shape index (κ2) is 9.61. The minimum Gasteiger partial charge on any atom is -0.482 e. The van der Waals surface area contributed by atoms with E-state index in [9.17, 15) is 10.1 Å². The molecule has 7 heteroatoms. The van der Waals surface area contributed by atoms with E-state index in [1.807, 2.05) is 60.7 Å². The van der Waals surface area contributed by atoms with E-state index < -0.39 is 5.91 Å². The summed E-state index contributed by atoms with van der Waals surface area (Å²) in [6, 6.07) is 25.7. The van der Waals surface area contributed by atoms with Gasteiger partial charge >= 0.3 is 0 Å². The molecule has 0 atom stereocenters. The van der Waals surface area contributed by atoms with E-state index >= 15 is 0 Å². The van der Waals surface area contributed by atoms with Crippen molar-refractivity contribution in [3.05, 3.63) is 94.5 Å². The molecule has 4 rings (SSSR count). The maximum Gasteiger partial charge on any atom is 0.264 e. The van der Waals surface area contributed by atoms with Gasteiger partial charge in [0.2, 0.25) is 5.88 Å². The van der Waals surface area contributed by atoms with Crippen LogP contribution in [0.3, 0.4) is 0 Å². The van der Waals surface area contributed by atoms with E-state index in [2.05, 4.69) is 11.4 Å². The Kier molecular flexibility index (Phi) is 6.46. The molecule has 0 aliphatic carbocycles. The first-order valence-electron chi connectivity index (χ1n) is 9.62. The van der Waals surface area contributed by atoms with Crippen LogP contribution in [-0.4, -0.2) is 12.5 Å². The number of furan rings is 1. The van der Waals surface area contributed by atoms with Crippen molar-refractivity contribution in [2.24, 2.45) is 0 Å². The fourth-order valence-corrected chi connectivity index (χ4v) is 3.66. The van der Waals surface area contributed by atoms with Crippen LogP contribution in [0.25, 0.3) is 22.5 Å². The fraction of sp³-hybridized carbons (Fsp3) is 0.0400. The van der Waals surface area contributed by atoms with Gasteiger partial charge in [0.05, 0.1) is 5.02 Å². The van der Waals surface area contributed by atoms with Gasteiger partial charge in [0.25, 0.3) is 5.91 Å². The van der Waals surface area contributed by atoms with Gasteiger partial charge in [0, 0.05) is 16.1 Å². The molecule has 0 aliphatic heterocycles. The Morgan fingerprint density at radius 1 is 0.969 bits per heavy atom. The molecule has 0 radical (unpaired) electrons. The predicted octanol–water partition coefficient (Wildman–Crippen LogP) is 6.81. The van der Waals surface area contributed by atoms with E-state index in [4.69, 9.17) is 32.4 Å². The van der Waals surface area contributed by atoms with Gasteiger partial charge in [-0.3, -0.25) is 10.1 Å². The van der Waals surface area contributed by atoms with Crippen molar-refractivity contribution in [3.8, 4) is 34.3 Å². The summed E-state index contributed by atoms with van der Waals surface area (Å²) in [5.41, 5.74) is 2.42. The van der Waals surface area contributed by atoms with Gasteiger partial charge in [0.15, 0.2) is 6.61 Å². The second-order valence-electron chi connectivity index (χ2n) is 6.77. The molecule has 4 aromatic rings. The third-order valence-corrected chi connectivity index (χ3v) is 5.15. The lowest BCUT2D eigenvalue weighted by Crippen LogP contribution is -2.20. The Morgan fingerprint density at radius 3 is 2.25 bits per heavy atom. The predicted molar refractivity (Wildman–Crippen MR) is 125 cm³/mol. The molecule has 0 aliphatic rings. The lowest BCUT2D eigenvalue weighted by Gasteiger charge is -2.08. The third-order valence-electron chi connectivity index (χ3n) is 4.62. The number of carbonyl (C=O) groups excluding carboxylic acids is 1. The van der Waals surface area contributed by atoms with Gasteiger partial charge in [-0.25, -0.2) is 0 Å².